The first-order valence-electron chi connectivity index (χ1n) is 9.62. The van der Waals surface area contributed by atoms with E-state index in [0.717, 1.165) is 48.5 Å². The Kier molecular flexibility index (Phi) is 4.94. The summed E-state index contributed by atoms with van der Waals surface area (Å²) in [7, 11) is 0. The summed E-state index contributed by atoms with van der Waals surface area (Å²) in [5, 5.41) is 2.89. The average Bonchev–Trinajstić information content (AvgIpc) is 2.69. The summed E-state index contributed by atoms with van der Waals surface area (Å²) in [4.78, 5) is 24.1. The van der Waals surface area contributed by atoms with E-state index in [1.54, 1.807) is 24.3 Å². The maximum Gasteiger partial charge on any atom is 0.255 e. The first kappa shape index (κ1) is 18.3. The first-order valence-corrected chi connectivity index (χ1v) is 9.62. The number of anilines is 2. The number of halogens is 1. The van der Waals surface area contributed by atoms with Crippen molar-refractivity contribution in [3.05, 3.63) is 59.2 Å². The molecule has 1 aromatic heterocycles. The second-order valence-corrected chi connectivity index (χ2v) is 7.26. The number of nitrogens with zero attached hydrogens (tertiary/aromatic N) is 3. The van der Waals surface area contributed by atoms with Crippen molar-refractivity contribution in [3.8, 4) is 0 Å². The third kappa shape index (κ3) is 3.67. The summed E-state index contributed by atoms with van der Waals surface area (Å²) in [6.07, 6.45) is 3.41. The Bertz CT molecular complexity index is 1040. The molecular formula is C22H23FN4O. The second kappa shape index (κ2) is 7.54. The van der Waals surface area contributed by atoms with Gasteiger partial charge in [-0.3, -0.25) is 4.79 Å². The zero-order valence-corrected chi connectivity index (χ0v) is 16.1. The van der Waals surface area contributed by atoms with Gasteiger partial charge in [-0.05, 0) is 69.5 Å². The number of aryl methyl sites for hydroxylation is 2. The van der Waals surface area contributed by atoms with Crippen LogP contribution in [0, 0.1) is 19.7 Å². The minimum Gasteiger partial charge on any atom is -0.370 e. The molecule has 1 N–H and O–H groups in total. The Morgan fingerprint density at radius 2 is 1.68 bits per heavy atom. The lowest BCUT2D eigenvalue weighted by molar-refractivity contribution is 0.102. The van der Waals surface area contributed by atoms with Crippen molar-refractivity contribution in [2.45, 2.75) is 33.1 Å². The fourth-order valence-corrected chi connectivity index (χ4v) is 3.59. The molecule has 0 saturated carbocycles. The van der Waals surface area contributed by atoms with Crippen molar-refractivity contribution >= 4 is 28.3 Å². The molecule has 4 rings (SSSR count). The van der Waals surface area contributed by atoms with Gasteiger partial charge in [0.05, 0.1) is 33.8 Å². The summed E-state index contributed by atoms with van der Waals surface area (Å²) in [6, 6.07) is 9.81. The fourth-order valence-electron chi connectivity index (χ4n) is 3.59. The smallest absolute Gasteiger partial charge is 0.255 e. The molecule has 0 aliphatic carbocycles. The molecule has 144 valence electrons. The topological polar surface area (TPSA) is 58.1 Å². The van der Waals surface area contributed by atoms with Crippen LogP contribution in [0.25, 0.3) is 11.0 Å². The third-order valence-corrected chi connectivity index (χ3v) is 5.24. The first-order chi connectivity index (χ1) is 13.5. The van der Waals surface area contributed by atoms with E-state index in [1.807, 2.05) is 13.8 Å². The summed E-state index contributed by atoms with van der Waals surface area (Å²) < 4.78 is 13.9. The molecule has 3 aromatic rings. The van der Waals surface area contributed by atoms with Crippen LogP contribution in [0.5, 0.6) is 0 Å². The molecule has 5 nitrogen and oxygen atoms in total. The summed E-state index contributed by atoms with van der Waals surface area (Å²) >= 11 is 0. The Morgan fingerprint density at radius 3 is 2.43 bits per heavy atom. The van der Waals surface area contributed by atoms with E-state index >= 15 is 0 Å². The van der Waals surface area contributed by atoms with Crippen molar-refractivity contribution in [1.29, 1.82) is 0 Å². The fraction of sp³-hybridized carbons (Fsp3) is 0.318. The number of carbonyl (C=O) groups excluding carboxylic acids is 1. The highest BCUT2D eigenvalue weighted by Crippen LogP contribution is 2.30. The van der Waals surface area contributed by atoms with E-state index < -0.39 is 0 Å². The van der Waals surface area contributed by atoms with E-state index in [4.69, 9.17) is 0 Å². The van der Waals surface area contributed by atoms with E-state index in [0.29, 0.717) is 16.8 Å². The number of carbonyl (C=O) groups is 1. The molecule has 1 amide bonds. The van der Waals surface area contributed by atoms with E-state index in [9.17, 15) is 9.18 Å². The SMILES string of the molecule is Cc1nc2ccc(C(=O)Nc3cc(F)ccc3N3CCCCC3)cc2nc1C. The van der Waals surface area contributed by atoms with Gasteiger partial charge >= 0.3 is 0 Å². The molecule has 0 bridgehead atoms. The van der Waals surface area contributed by atoms with Crippen molar-refractivity contribution in [1.82, 2.24) is 9.97 Å². The predicted octanol–water partition coefficient (Wildman–Crippen LogP) is 4.63. The highest BCUT2D eigenvalue weighted by Gasteiger charge is 2.17. The summed E-state index contributed by atoms with van der Waals surface area (Å²) in [5.41, 5.74) is 4.96. The van der Waals surface area contributed by atoms with Gasteiger partial charge in [0, 0.05) is 18.7 Å². The molecule has 0 atom stereocenters. The molecular weight excluding hydrogens is 355 g/mol. The van der Waals surface area contributed by atoms with E-state index in [-0.39, 0.29) is 11.7 Å². The minimum atomic E-state index is -0.369. The van der Waals surface area contributed by atoms with Crippen LogP contribution in [0.2, 0.25) is 0 Å². The van der Waals surface area contributed by atoms with Gasteiger partial charge in [-0.2, -0.15) is 0 Å². The van der Waals surface area contributed by atoms with E-state index in [2.05, 4.69) is 20.2 Å². The number of benzene rings is 2. The molecule has 28 heavy (non-hydrogen) atoms. The van der Waals surface area contributed by atoms with Crippen LogP contribution in [-0.4, -0.2) is 29.0 Å². The highest BCUT2D eigenvalue weighted by molar-refractivity contribution is 6.07. The Morgan fingerprint density at radius 1 is 0.964 bits per heavy atom. The van der Waals surface area contributed by atoms with E-state index in [1.165, 1.54) is 18.6 Å². The van der Waals surface area contributed by atoms with Gasteiger partial charge in [0.1, 0.15) is 5.82 Å². The normalized spacial score (nSPS) is 14.3. The molecule has 0 radical (unpaired) electrons. The molecule has 1 aliphatic heterocycles. The Labute approximate surface area is 163 Å². The van der Waals surface area contributed by atoms with Crippen molar-refractivity contribution in [2.24, 2.45) is 0 Å². The van der Waals surface area contributed by atoms with Crippen molar-refractivity contribution < 1.29 is 9.18 Å². The molecule has 2 heterocycles. The van der Waals surface area contributed by atoms with Gasteiger partial charge in [0.2, 0.25) is 0 Å². The average molecular weight is 378 g/mol. The number of piperidine rings is 1. The maximum absolute atomic E-state index is 13.9. The van der Waals surface area contributed by atoms with Gasteiger partial charge < -0.3 is 10.2 Å². The molecule has 0 unspecified atom stereocenters. The molecule has 0 spiro atoms. The van der Waals surface area contributed by atoms with Gasteiger partial charge in [0.25, 0.3) is 5.91 Å². The quantitative estimate of drug-likeness (QED) is 0.722. The molecule has 1 fully saturated rings. The van der Waals surface area contributed by atoms with Gasteiger partial charge in [-0.25, -0.2) is 14.4 Å². The third-order valence-electron chi connectivity index (χ3n) is 5.24. The van der Waals surface area contributed by atoms with Crippen LogP contribution >= 0.6 is 0 Å². The van der Waals surface area contributed by atoms with Crippen LogP contribution in [0.3, 0.4) is 0 Å². The standard InChI is InChI=1S/C22H23FN4O/c1-14-15(2)25-19-12-16(6-8-18(19)24-14)22(28)26-20-13-17(23)7-9-21(20)27-10-4-3-5-11-27/h6-9,12-13H,3-5,10-11H2,1-2H3,(H,26,28). The number of rotatable bonds is 3. The Balaban J connectivity index is 1.64. The van der Waals surface area contributed by atoms with Crippen LogP contribution in [0.4, 0.5) is 15.8 Å². The van der Waals surface area contributed by atoms with Gasteiger partial charge in [-0.1, -0.05) is 0 Å². The van der Waals surface area contributed by atoms with Gasteiger partial charge in [-0.15, -0.1) is 0 Å². The number of fused-ring (bicyclic) bond motifs is 1. The lowest BCUT2D eigenvalue weighted by atomic mass is 10.1. The van der Waals surface area contributed by atoms with Gasteiger partial charge in [0.15, 0.2) is 0 Å². The number of amides is 1. The summed E-state index contributed by atoms with van der Waals surface area (Å²) in [5.74, 6) is -0.655. The lowest BCUT2D eigenvalue weighted by Crippen LogP contribution is -2.30. The molecule has 1 saturated heterocycles. The molecule has 6 heteroatoms. The lowest BCUT2D eigenvalue weighted by Gasteiger charge is -2.30. The zero-order valence-electron chi connectivity index (χ0n) is 16.1. The number of aromatic nitrogens is 2. The molecule has 1 aliphatic rings. The van der Waals surface area contributed by atoms with Crippen LogP contribution < -0.4 is 10.2 Å². The van der Waals surface area contributed by atoms with Crippen LogP contribution in [0.15, 0.2) is 36.4 Å². The minimum absolute atomic E-state index is 0.286. The number of hydrogen-bond donors (Lipinski definition) is 1. The van der Waals surface area contributed by atoms with Crippen molar-refractivity contribution in [2.75, 3.05) is 23.3 Å². The largest absolute Gasteiger partial charge is 0.370 e. The van der Waals surface area contributed by atoms with Crippen molar-refractivity contribution in [3.63, 3.8) is 0 Å². The Hall–Kier alpha value is -3.02. The molecule has 2 aromatic carbocycles. The predicted molar refractivity (Wildman–Crippen MR) is 109 cm³/mol. The summed E-state index contributed by atoms with van der Waals surface area (Å²) in [6.45, 7) is 5.64. The zero-order chi connectivity index (χ0) is 19.7. The maximum atomic E-state index is 13.9. The highest BCUT2D eigenvalue weighted by atomic mass is 19.1. The van der Waals surface area contributed by atoms with Crippen LogP contribution in [-0.2, 0) is 0 Å². The monoisotopic (exact) mass is 378 g/mol. The van der Waals surface area contributed by atoms with Crippen LogP contribution in [0.1, 0.15) is 41.0 Å². The number of nitrogens with one attached hydrogen (secondary N) is 1. The number of hydrogen-bond acceptors (Lipinski definition) is 4. The second-order valence-electron chi connectivity index (χ2n) is 7.26.